The molecule has 2 nitrogen and oxygen atoms in total. The van der Waals surface area contributed by atoms with Crippen LogP contribution in [-0.2, 0) is 12.3 Å². The van der Waals surface area contributed by atoms with Gasteiger partial charge in [-0.05, 0) is 23.4 Å². The molecule has 0 radical (unpaired) electrons. The van der Waals surface area contributed by atoms with Gasteiger partial charge in [0.2, 0.25) is 0 Å². The van der Waals surface area contributed by atoms with E-state index in [1.54, 1.807) is 0 Å². The first-order valence-corrected chi connectivity index (χ1v) is 6.03. The smallest absolute Gasteiger partial charge is 0.0460 e. The van der Waals surface area contributed by atoms with E-state index in [2.05, 4.69) is 29.6 Å². The Kier molecular flexibility index (Phi) is 2.79. The fraction of sp³-hybridized carbons (Fsp3) is 0.273. The van der Waals surface area contributed by atoms with Gasteiger partial charge in [-0.2, -0.15) is 11.8 Å². The van der Waals surface area contributed by atoms with Crippen molar-refractivity contribution in [2.75, 3.05) is 6.26 Å². The Labute approximate surface area is 87.9 Å². The van der Waals surface area contributed by atoms with Crippen LogP contribution >= 0.6 is 11.8 Å². The second-order valence-electron chi connectivity index (χ2n) is 3.29. The fourth-order valence-electron chi connectivity index (χ4n) is 1.78. The topological polar surface area (TPSA) is 41.8 Å². The number of H-pyrrole nitrogens is 1. The highest BCUT2D eigenvalue weighted by Gasteiger charge is 2.06. The number of aromatic nitrogens is 1. The first-order chi connectivity index (χ1) is 6.86. The molecule has 0 aliphatic heterocycles. The first-order valence-electron chi connectivity index (χ1n) is 4.63. The van der Waals surface area contributed by atoms with Gasteiger partial charge in [-0.3, -0.25) is 0 Å². The maximum absolute atomic E-state index is 5.72. The monoisotopic (exact) mass is 206 g/mol. The third-order valence-electron chi connectivity index (χ3n) is 2.39. The van der Waals surface area contributed by atoms with Crippen LogP contribution in [0.15, 0.2) is 24.4 Å². The summed E-state index contributed by atoms with van der Waals surface area (Å²) in [6.07, 6.45) is 4.20. The highest BCUT2D eigenvalue weighted by atomic mass is 32.2. The Morgan fingerprint density at radius 2 is 2.21 bits per heavy atom. The number of benzene rings is 1. The van der Waals surface area contributed by atoms with E-state index in [4.69, 9.17) is 5.73 Å². The highest BCUT2D eigenvalue weighted by molar-refractivity contribution is 7.97. The van der Waals surface area contributed by atoms with Crippen molar-refractivity contribution in [3.63, 3.8) is 0 Å². The molecule has 3 N–H and O–H groups in total. The van der Waals surface area contributed by atoms with Crippen LogP contribution in [0, 0.1) is 0 Å². The predicted octanol–water partition coefficient (Wildman–Crippen LogP) is 2.49. The van der Waals surface area contributed by atoms with Gasteiger partial charge in [0.25, 0.3) is 0 Å². The van der Waals surface area contributed by atoms with Crippen LogP contribution in [0.4, 0.5) is 0 Å². The van der Waals surface area contributed by atoms with E-state index in [0.717, 1.165) is 5.75 Å². The summed E-state index contributed by atoms with van der Waals surface area (Å²) in [6, 6.07) is 6.24. The molecule has 0 saturated heterocycles. The lowest BCUT2D eigenvalue weighted by Gasteiger charge is -2.02. The number of nitrogens with two attached hydrogens (primary N) is 1. The minimum Gasteiger partial charge on any atom is -0.361 e. The van der Waals surface area contributed by atoms with Crippen LogP contribution < -0.4 is 5.73 Å². The van der Waals surface area contributed by atoms with Crippen molar-refractivity contribution in [3.05, 3.63) is 35.5 Å². The zero-order valence-electron chi connectivity index (χ0n) is 8.21. The molecule has 0 atom stereocenters. The zero-order valence-corrected chi connectivity index (χ0v) is 9.03. The Hall–Kier alpha value is -0.930. The summed E-state index contributed by atoms with van der Waals surface area (Å²) in [7, 11) is 0. The lowest BCUT2D eigenvalue weighted by atomic mass is 10.1. The van der Waals surface area contributed by atoms with Gasteiger partial charge in [-0.25, -0.2) is 0 Å². The predicted molar refractivity (Wildman–Crippen MR) is 63.4 cm³/mol. The largest absolute Gasteiger partial charge is 0.361 e. The van der Waals surface area contributed by atoms with Gasteiger partial charge in [0.05, 0.1) is 0 Å². The van der Waals surface area contributed by atoms with Crippen molar-refractivity contribution in [1.82, 2.24) is 4.98 Å². The van der Waals surface area contributed by atoms with Crippen LogP contribution in [0.3, 0.4) is 0 Å². The minimum absolute atomic E-state index is 0.608. The molecule has 74 valence electrons. The lowest BCUT2D eigenvalue weighted by Crippen LogP contribution is -1.97. The Bertz CT molecular complexity index is 434. The fourth-order valence-corrected chi connectivity index (χ4v) is 2.31. The molecule has 1 heterocycles. The van der Waals surface area contributed by atoms with Crippen LogP contribution in [0.1, 0.15) is 11.1 Å². The van der Waals surface area contributed by atoms with E-state index in [9.17, 15) is 0 Å². The Morgan fingerprint density at radius 1 is 1.36 bits per heavy atom. The van der Waals surface area contributed by atoms with Gasteiger partial charge < -0.3 is 10.7 Å². The van der Waals surface area contributed by atoms with Crippen molar-refractivity contribution in [2.45, 2.75) is 12.3 Å². The molecule has 0 spiro atoms. The van der Waals surface area contributed by atoms with Crippen molar-refractivity contribution in [1.29, 1.82) is 0 Å². The molecule has 0 fully saturated rings. The molecule has 0 aliphatic rings. The van der Waals surface area contributed by atoms with Crippen LogP contribution in [0.25, 0.3) is 10.9 Å². The normalized spacial score (nSPS) is 11.0. The number of fused-ring (bicyclic) bond motifs is 1. The summed E-state index contributed by atoms with van der Waals surface area (Å²) in [6.45, 7) is 0.608. The van der Waals surface area contributed by atoms with Crippen LogP contribution in [-0.4, -0.2) is 11.2 Å². The summed E-state index contributed by atoms with van der Waals surface area (Å²) < 4.78 is 0. The maximum Gasteiger partial charge on any atom is 0.0460 e. The number of hydrogen-bond acceptors (Lipinski definition) is 2. The van der Waals surface area contributed by atoms with Gasteiger partial charge in [0, 0.05) is 29.4 Å². The van der Waals surface area contributed by atoms with E-state index in [0.29, 0.717) is 6.54 Å². The second-order valence-corrected chi connectivity index (χ2v) is 4.16. The number of nitrogens with one attached hydrogen (secondary N) is 1. The van der Waals surface area contributed by atoms with Crippen molar-refractivity contribution in [2.24, 2.45) is 5.73 Å². The molecule has 0 amide bonds. The van der Waals surface area contributed by atoms with E-state index < -0.39 is 0 Å². The van der Waals surface area contributed by atoms with Gasteiger partial charge in [-0.1, -0.05) is 12.1 Å². The highest BCUT2D eigenvalue weighted by Crippen LogP contribution is 2.24. The average Bonchev–Trinajstić information content (AvgIpc) is 2.62. The van der Waals surface area contributed by atoms with Crippen molar-refractivity contribution < 1.29 is 0 Å². The van der Waals surface area contributed by atoms with E-state index in [-0.39, 0.29) is 0 Å². The molecular weight excluding hydrogens is 192 g/mol. The van der Waals surface area contributed by atoms with Gasteiger partial charge >= 0.3 is 0 Å². The Balaban J connectivity index is 2.62. The van der Waals surface area contributed by atoms with Crippen molar-refractivity contribution >= 4 is 22.7 Å². The number of thioether (sulfide) groups is 1. The van der Waals surface area contributed by atoms with Gasteiger partial charge in [-0.15, -0.1) is 0 Å². The first kappa shape index (κ1) is 9.62. The lowest BCUT2D eigenvalue weighted by molar-refractivity contribution is 1.08. The van der Waals surface area contributed by atoms with E-state index >= 15 is 0 Å². The second kappa shape index (κ2) is 4.07. The molecule has 1 aromatic heterocycles. The molecule has 0 bridgehead atoms. The molecule has 14 heavy (non-hydrogen) atoms. The van der Waals surface area contributed by atoms with E-state index in [1.165, 1.54) is 22.0 Å². The average molecular weight is 206 g/mol. The van der Waals surface area contributed by atoms with Crippen molar-refractivity contribution in [3.8, 4) is 0 Å². The molecule has 1 aromatic carbocycles. The van der Waals surface area contributed by atoms with Gasteiger partial charge in [0.1, 0.15) is 0 Å². The standard InChI is InChI=1S/C11H14N2S/c1-14-7-9-6-13-10-4-2-3-8(5-12)11(9)10/h2-4,6,13H,5,7,12H2,1H3. The molecular formula is C11H14N2S. The summed E-state index contributed by atoms with van der Waals surface area (Å²) in [5, 5.41) is 1.31. The summed E-state index contributed by atoms with van der Waals surface area (Å²) in [5.74, 6) is 1.04. The third kappa shape index (κ3) is 1.53. The molecule has 2 rings (SSSR count). The number of hydrogen-bond donors (Lipinski definition) is 2. The minimum atomic E-state index is 0.608. The third-order valence-corrected chi connectivity index (χ3v) is 2.99. The number of rotatable bonds is 3. The molecule has 3 heteroatoms. The SMILES string of the molecule is CSCc1c[nH]c2cccc(CN)c12. The molecule has 0 aliphatic carbocycles. The molecule has 0 unspecified atom stereocenters. The summed E-state index contributed by atoms with van der Waals surface area (Å²) >= 11 is 1.83. The summed E-state index contributed by atoms with van der Waals surface area (Å²) in [5.41, 5.74) is 9.50. The molecule has 2 aromatic rings. The summed E-state index contributed by atoms with van der Waals surface area (Å²) in [4.78, 5) is 3.28. The number of aromatic amines is 1. The maximum atomic E-state index is 5.72. The quantitative estimate of drug-likeness (QED) is 0.810. The van der Waals surface area contributed by atoms with Crippen LogP contribution in [0.5, 0.6) is 0 Å². The van der Waals surface area contributed by atoms with Crippen LogP contribution in [0.2, 0.25) is 0 Å². The molecule has 0 saturated carbocycles. The Morgan fingerprint density at radius 3 is 2.93 bits per heavy atom. The van der Waals surface area contributed by atoms with E-state index in [1.807, 2.05) is 17.8 Å². The van der Waals surface area contributed by atoms with Gasteiger partial charge in [0.15, 0.2) is 0 Å². The zero-order chi connectivity index (χ0) is 9.97.